The molecule has 0 bridgehead atoms. The molecular formula is C17H22NO3+. The molecular weight excluding hydrogens is 266 g/mol. The van der Waals surface area contributed by atoms with E-state index in [1.807, 2.05) is 60.9 Å². The highest BCUT2D eigenvalue weighted by molar-refractivity contribution is 5.20. The molecule has 0 spiro atoms. The molecule has 1 aromatic heterocycles. The summed E-state index contributed by atoms with van der Waals surface area (Å²) in [4.78, 5) is 0. The molecule has 0 fully saturated rings. The van der Waals surface area contributed by atoms with Crippen molar-refractivity contribution in [3.63, 3.8) is 0 Å². The van der Waals surface area contributed by atoms with Gasteiger partial charge in [-0.25, -0.2) is 4.57 Å². The summed E-state index contributed by atoms with van der Waals surface area (Å²) in [7, 11) is 0. The van der Waals surface area contributed by atoms with Gasteiger partial charge in [-0.3, -0.25) is 0 Å². The van der Waals surface area contributed by atoms with Gasteiger partial charge in [-0.15, -0.1) is 0 Å². The van der Waals surface area contributed by atoms with Gasteiger partial charge in [0, 0.05) is 12.1 Å². The highest BCUT2D eigenvalue weighted by Gasteiger charge is 1.97. The predicted octanol–water partition coefficient (Wildman–Crippen LogP) is 2.09. The molecule has 2 rings (SSSR count). The fourth-order valence-corrected chi connectivity index (χ4v) is 1.81. The molecule has 112 valence electrons. The van der Waals surface area contributed by atoms with Crippen LogP contribution in [-0.4, -0.2) is 33.0 Å². The van der Waals surface area contributed by atoms with E-state index in [1.165, 1.54) is 0 Å². The summed E-state index contributed by atoms with van der Waals surface area (Å²) >= 11 is 0. The Morgan fingerprint density at radius 1 is 0.667 bits per heavy atom. The van der Waals surface area contributed by atoms with Crippen molar-refractivity contribution in [3.8, 4) is 5.75 Å². The van der Waals surface area contributed by atoms with Crippen LogP contribution in [0.2, 0.25) is 0 Å². The van der Waals surface area contributed by atoms with E-state index in [0.29, 0.717) is 33.0 Å². The molecule has 1 aromatic carbocycles. The van der Waals surface area contributed by atoms with Crippen LogP contribution in [0.15, 0.2) is 60.9 Å². The summed E-state index contributed by atoms with van der Waals surface area (Å²) in [5, 5.41) is 0. The Kier molecular flexibility index (Phi) is 7.30. The summed E-state index contributed by atoms with van der Waals surface area (Å²) in [6.45, 7) is 3.89. The monoisotopic (exact) mass is 288 g/mol. The lowest BCUT2D eigenvalue weighted by molar-refractivity contribution is -0.698. The standard InChI is InChI=1S/C17H22NO3/c1-3-7-17(8-4-1)21-16-15-20-14-13-19-12-11-18-9-5-2-6-10-18/h1-10H,11-16H2/q+1. The number of pyridine rings is 1. The van der Waals surface area contributed by atoms with E-state index < -0.39 is 0 Å². The normalized spacial score (nSPS) is 10.5. The first-order valence-electron chi connectivity index (χ1n) is 7.22. The van der Waals surface area contributed by atoms with Gasteiger partial charge in [0.25, 0.3) is 0 Å². The summed E-state index contributed by atoms with van der Waals surface area (Å²) in [5.74, 6) is 0.872. The van der Waals surface area contributed by atoms with Gasteiger partial charge in [0.2, 0.25) is 0 Å². The maximum absolute atomic E-state index is 5.52. The Labute approximate surface area is 125 Å². The second kappa shape index (κ2) is 9.91. The van der Waals surface area contributed by atoms with Crippen molar-refractivity contribution in [1.82, 2.24) is 0 Å². The minimum absolute atomic E-state index is 0.559. The third-order valence-corrected chi connectivity index (χ3v) is 2.88. The van der Waals surface area contributed by atoms with Gasteiger partial charge < -0.3 is 14.2 Å². The zero-order valence-electron chi connectivity index (χ0n) is 12.2. The average molecular weight is 288 g/mol. The molecule has 2 aromatic rings. The van der Waals surface area contributed by atoms with E-state index in [4.69, 9.17) is 14.2 Å². The van der Waals surface area contributed by atoms with Gasteiger partial charge in [0.05, 0.1) is 19.8 Å². The van der Waals surface area contributed by atoms with Crippen molar-refractivity contribution in [3.05, 3.63) is 60.9 Å². The van der Waals surface area contributed by atoms with Gasteiger partial charge in [-0.05, 0) is 12.1 Å². The zero-order valence-corrected chi connectivity index (χ0v) is 12.2. The Bertz CT molecular complexity index is 430. The number of hydrogen-bond acceptors (Lipinski definition) is 3. The first kappa shape index (κ1) is 15.5. The number of rotatable bonds is 10. The highest BCUT2D eigenvalue weighted by Crippen LogP contribution is 2.07. The first-order valence-corrected chi connectivity index (χ1v) is 7.22. The highest BCUT2D eigenvalue weighted by atomic mass is 16.5. The Balaban J connectivity index is 1.40. The van der Waals surface area contributed by atoms with Crippen molar-refractivity contribution in [2.45, 2.75) is 6.54 Å². The number of aromatic nitrogens is 1. The number of benzene rings is 1. The summed E-state index contributed by atoms with van der Waals surface area (Å²) in [6, 6.07) is 15.8. The number of hydrogen-bond donors (Lipinski definition) is 0. The van der Waals surface area contributed by atoms with E-state index >= 15 is 0 Å². The number of nitrogens with zero attached hydrogens (tertiary/aromatic N) is 1. The second-order valence-electron chi connectivity index (χ2n) is 4.50. The van der Waals surface area contributed by atoms with Gasteiger partial charge in [0.1, 0.15) is 19.0 Å². The molecule has 0 N–H and O–H groups in total. The molecule has 4 nitrogen and oxygen atoms in total. The van der Waals surface area contributed by atoms with Gasteiger partial charge in [0.15, 0.2) is 18.9 Å². The molecule has 0 saturated carbocycles. The van der Waals surface area contributed by atoms with Crippen LogP contribution in [0.25, 0.3) is 0 Å². The predicted molar refractivity (Wildman–Crippen MR) is 80.2 cm³/mol. The van der Waals surface area contributed by atoms with Crippen LogP contribution < -0.4 is 9.30 Å². The maximum atomic E-state index is 5.52. The van der Waals surface area contributed by atoms with E-state index in [9.17, 15) is 0 Å². The average Bonchev–Trinajstić information content (AvgIpc) is 2.55. The van der Waals surface area contributed by atoms with Crippen LogP contribution >= 0.6 is 0 Å². The lowest BCUT2D eigenvalue weighted by atomic mass is 10.3. The van der Waals surface area contributed by atoms with Crippen molar-refractivity contribution in [1.29, 1.82) is 0 Å². The van der Waals surface area contributed by atoms with Crippen LogP contribution in [0.5, 0.6) is 5.75 Å². The lowest BCUT2D eigenvalue weighted by Gasteiger charge is -2.07. The quantitative estimate of drug-likeness (QED) is 0.495. The minimum Gasteiger partial charge on any atom is -0.491 e. The molecule has 4 heteroatoms. The van der Waals surface area contributed by atoms with Crippen LogP contribution in [0.4, 0.5) is 0 Å². The van der Waals surface area contributed by atoms with Crippen molar-refractivity contribution >= 4 is 0 Å². The van der Waals surface area contributed by atoms with Crippen molar-refractivity contribution in [2.75, 3.05) is 33.0 Å². The molecule has 1 heterocycles. The largest absolute Gasteiger partial charge is 0.491 e. The molecule has 21 heavy (non-hydrogen) atoms. The van der Waals surface area contributed by atoms with Crippen molar-refractivity contribution < 1.29 is 18.8 Å². The Morgan fingerprint density at radius 3 is 2.05 bits per heavy atom. The van der Waals surface area contributed by atoms with Crippen LogP contribution in [0, 0.1) is 0 Å². The molecule has 0 aliphatic rings. The van der Waals surface area contributed by atoms with Crippen molar-refractivity contribution in [2.24, 2.45) is 0 Å². The summed E-state index contributed by atoms with van der Waals surface area (Å²) in [6.07, 6.45) is 4.06. The van der Waals surface area contributed by atoms with Crippen LogP contribution in [-0.2, 0) is 16.0 Å². The van der Waals surface area contributed by atoms with E-state index in [0.717, 1.165) is 12.3 Å². The first-order chi connectivity index (χ1) is 10.4. The van der Waals surface area contributed by atoms with E-state index in [1.54, 1.807) is 0 Å². The summed E-state index contributed by atoms with van der Waals surface area (Å²) < 4.78 is 18.6. The van der Waals surface area contributed by atoms with Gasteiger partial charge in [-0.2, -0.15) is 0 Å². The van der Waals surface area contributed by atoms with Gasteiger partial charge in [-0.1, -0.05) is 24.3 Å². The Hall–Kier alpha value is -1.91. The minimum atomic E-state index is 0.559. The third kappa shape index (κ3) is 6.88. The molecule has 0 atom stereocenters. The Morgan fingerprint density at radius 2 is 1.29 bits per heavy atom. The van der Waals surface area contributed by atoms with E-state index in [2.05, 4.69) is 4.57 Å². The number of ether oxygens (including phenoxy) is 3. The molecule has 0 aliphatic heterocycles. The zero-order chi connectivity index (χ0) is 14.6. The molecule has 0 unspecified atom stereocenters. The van der Waals surface area contributed by atoms with E-state index in [-0.39, 0.29) is 0 Å². The fourth-order valence-electron chi connectivity index (χ4n) is 1.81. The molecule has 0 saturated heterocycles. The molecule has 0 radical (unpaired) electrons. The summed E-state index contributed by atoms with van der Waals surface area (Å²) in [5.41, 5.74) is 0. The lowest BCUT2D eigenvalue weighted by Crippen LogP contribution is -2.34. The van der Waals surface area contributed by atoms with Gasteiger partial charge >= 0.3 is 0 Å². The molecule has 0 aliphatic carbocycles. The second-order valence-corrected chi connectivity index (χ2v) is 4.50. The van der Waals surface area contributed by atoms with Crippen LogP contribution in [0.1, 0.15) is 0 Å². The molecule has 0 amide bonds. The van der Waals surface area contributed by atoms with Crippen LogP contribution in [0.3, 0.4) is 0 Å². The smallest absolute Gasteiger partial charge is 0.171 e. The fraction of sp³-hybridized carbons (Fsp3) is 0.353. The maximum Gasteiger partial charge on any atom is 0.171 e. The SMILES string of the molecule is c1ccc(OCCOCCOCC[n+]2ccccc2)cc1. The topological polar surface area (TPSA) is 31.6 Å². The third-order valence-electron chi connectivity index (χ3n) is 2.88. The number of para-hydroxylation sites is 1.